The van der Waals surface area contributed by atoms with Crippen molar-refractivity contribution in [1.29, 1.82) is 0 Å². The Balaban J connectivity index is 2.02. The van der Waals surface area contributed by atoms with E-state index in [2.05, 4.69) is 10.3 Å². The number of carbonyl (C=O) groups is 3. The summed E-state index contributed by atoms with van der Waals surface area (Å²) in [5.41, 5.74) is 2.46. The molecule has 0 spiro atoms. The molecule has 8 nitrogen and oxygen atoms in total. The van der Waals surface area contributed by atoms with Crippen molar-refractivity contribution in [3.63, 3.8) is 0 Å². The van der Waals surface area contributed by atoms with Crippen LogP contribution in [0, 0.1) is 13.8 Å². The normalized spacial score (nSPS) is 11.5. The fourth-order valence-electron chi connectivity index (χ4n) is 3.22. The first-order chi connectivity index (χ1) is 13.7. The van der Waals surface area contributed by atoms with Crippen LogP contribution in [0.4, 0.5) is 0 Å². The van der Waals surface area contributed by atoms with E-state index in [1.165, 1.54) is 14.0 Å². The van der Waals surface area contributed by atoms with E-state index in [4.69, 9.17) is 14.2 Å². The Morgan fingerprint density at radius 3 is 2.38 bits per heavy atom. The van der Waals surface area contributed by atoms with Crippen LogP contribution in [0.5, 0.6) is 11.5 Å². The van der Waals surface area contributed by atoms with E-state index in [1.54, 1.807) is 46.1 Å². The van der Waals surface area contributed by atoms with Crippen molar-refractivity contribution < 1.29 is 28.6 Å². The predicted octanol–water partition coefficient (Wildman–Crippen LogP) is 2.89. The Hall–Kier alpha value is -3.29. The van der Waals surface area contributed by atoms with Gasteiger partial charge in [0.05, 0.1) is 20.3 Å². The number of Topliss-reactive ketones (excluding diaryl/α,β-unsaturated/α-hetero) is 1. The quantitative estimate of drug-likeness (QED) is 0.519. The summed E-state index contributed by atoms with van der Waals surface area (Å²) in [5, 5.41) is 2.76. The van der Waals surface area contributed by atoms with Gasteiger partial charge in [-0.1, -0.05) is 0 Å². The lowest BCUT2D eigenvalue weighted by molar-refractivity contribution is -0.124. The van der Waals surface area contributed by atoms with Crippen LogP contribution < -0.4 is 14.8 Å². The van der Waals surface area contributed by atoms with Crippen molar-refractivity contribution in [3.8, 4) is 11.5 Å². The third kappa shape index (κ3) is 4.96. The average Bonchev–Trinajstić information content (AvgIpc) is 2.99. The number of H-pyrrole nitrogens is 1. The molecule has 0 fully saturated rings. The van der Waals surface area contributed by atoms with Crippen LogP contribution in [-0.2, 0) is 9.53 Å². The second-order valence-corrected chi connectivity index (χ2v) is 6.65. The van der Waals surface area contributed by atoms with Gasteiger partial charge in [0.1, 0.15) is 17.2 Å². The molecule has 2 aromatic rings. The number of aromatic amines is 1. The summed E-state index contributed by atoms with van der Waals surface area (Å²) in [6.07, 6.45) is 0. The molecule has 0 aliphatic carbocycles. The average molecular weight is 402 g/mol. The van der Waals surface area contributed by atoms with E-state index in [-0.39, 0.29) is 11.5 Å². The standard InChI is InChI=1S/C21H26N2O6/c1-11-19(14(4)24)13(3)23-20(11)21(26)29-10-18(25)22-12(2)16-9-15(27-5)7-8-17(16)28-6/h7-9,12,23H,10H2,1-6H3,(H,22,25)/t12-/m1/s1. The summed E-state index contributed by atoms with van der Waals surface area (Å²) >= 11 is 0. The highest BCUT2D eigenvalue weighted by Gasteiger charge is 2.22. The Kier molecular flexibility index (Phi) is 7.03. The van der Waals surface area contributed by atoms with Gasteiger partial charge in [0.15, 0.2) is 12.4 Å². The molecule has 1 aromatic heterocycles. The maximum atomic E-state index is 12.3. The van der Waals surface area contributed by atoms with Crippen LogP contribution in [-0.4, -0.2) is 43.5 Å². The van der Waals surface area contributed by atoms with Gasteiger partial charge in [-0.2, -0.15) is 0 Å². The second kappa shape index (κ2) is 9.27. The first-order valence-corrected chi connectivity index (χ1v) is 9.08. The van der Waals surface area contributed by atoms with Gasteiger partial charge in [-0.05, 0) is 51.5 Å². The zero-order valence-electron chi connectivity index (χ0n) is 17.5. The van der Waals surface area contributed by atoms with Crippen LogP contribution in [0.15, 0.2) is 18.2 Å². The summed E-state index contributed by atoms with van der Waals surface area (Å²) in [6.45, 7) is 6.13. The van der Waals surface area contributed by atoms with E-state index < -0.39 is 24.5 Å². The van der Waals surface area contributed by atoms with Crippen LogP contribution in [0.25, 0.3) is 0 Å². The van der Waals surface area contributed by atoms with Crippen molar-refractivity contribution in [2.24, 2.45) is 0 Å². The maximum Gasteiger partial charge on any atom is 0.355 e. The third-order valence-electron chi connectivity index (χ3n) is 4.61. The molecule has 0 unspecified atom stereocenters. The SMILES string of the molecule is COc1ccc(OC)c([C@@H](C)NC(=O)COC(=O)c2[nH]c(C)c(C(C)=O)c2C)c1. The number of carbonyl (C=O) groups excluding carboxylic acids is 3. The number of ketones is 1. The number of benzene rings is 1. The largest absolute Gasteiger partial charge is 0.497 e. The lowest BCUT2D eigenvalue weighted by Crippen LogP contribution is -2.31. The number of hydrogen-bond donors (Lipinski definition) is 2. The lowest BCUT2D eigenvalue weighted by Gasteiger charge is -2.18. The molecule has 0 bridgehead atoms. The van der Waals surface area contributed by atoms with E-state index in [1.807, 2.05) is 0 Å². The van der Waals surface area contributed by atoms with E-state index in [9.17, 15) is 14.4 Å². The van der Waals surface area contributed by atoms with Crippen LogP contribution in [0.3, 0.4) is 0 Å². The molecule has 1 atom stereocenters. The lowest BCUT2D eigenvalue weighted by atomic mass is 10.1. The number of methoxy groups -OCH3 is 2. The van der Waals surface area contributed by atoms with E-state index >= 15 is 0 Å². The number of aromatic nitrogens is 1. The number of nitrogens with one attached hydrogen (secondary N) is 2. The predicted molar refractivity (Wildman–Crippen MR) is 107 cm³/mol. The molecule has 0 radical (unpaired) electrons. The highest BCUT2D eigenvalue weighted by atomic mass is 16.5. The molecule has 0 aliphatic heterocycles. The Labute approximate surface area is 169 Å². The number of rotatable bonds is 8. The van der Waals surface area contributed by atoms with Crippen LogP contribution in [0.2, 0.25) is 0 Å². The molecule has 2 rings (SSSR count). The molecule has 156 valence electrons. The van der Waals surface area contributed by atoms with Gasteiger partial charge in [0.2, 0.25) is 0 Å². The first-order valence-electron chi connectivity index (χ1n) is 9.08. The highest BCUT2D eigenvalue weighted by molar-refractivity contribution is 6.01. The van der Waals surface area contributed by atoms with Crippen molar-refractivity contribution in [2.75, 3.05) is 20.8 Å². The summed E-state index contributed by atoms with van der Waals surface area (Å²) < 4.78 is 15.6. The van der Waals surface area contributed by atoms with E-state index in [0.29, 0.717) is 28.3 Å². The fourth-order valence-corrected chi connectivity index (χ4v) is 3.22. The van der Waals surface area contributed by atoms with Gasteiger partial charge in [-0.15, -0.1) is 0 Å². The Bertz CT molecular complexity index is 931. The van der Waals surface area contributed by atoms with Crippen molar-refractivity contribution in [3.05, 3.63) is 46.3 Å². The molecule has 29 heavy (non-hydrogen) atoms. The monoisotopic (exact) mass is 402 g/mol. The second-order valence-electron chi connectivity index (χ2n) is 6.65. The summed E-state index contributed by atoms with van der Waals surface area (Å²) in [7, 11) is 3.09. The smallest absolute Gasteiger partial charge is 0.355 e. The Morgan fingerprint density at radius 1 is 1.14 bits per heavy atom. The van der Waals surface area contributed by atoms with Crippen molar-refractivity contribution in [1.82, 2.24) is 10.3 Å². The number of esters is 1. The summed E-state index contributed by atoms with van der Waals surface area (Å²) in [4.78, 5) is 39.1. The maximum absolute atomic E-state index is 12.3. The highest BCUT2D eigenvalue weighted by Crippen LogP contribution is 2.29. The summed E-state index contributed by atoms with van der Waals surface area (Å²) in [5.74, 6) is -0.0746. The Morgan fingerprint density at radius 2 is 1.83 bits per heavy atom. The van der Waals surface area contributed by atoms with Gasteiger partial charge in [0.25, 0.3) is 5.91 Å². The van der Waals surface area contributed by atoms with Gasteiger partial charge >= 0.3 is 5.97 Å². The third-order valence-corrected chi connectivity index (χ3v) is 4.61. The number of ether oxygens (including phenoxy) is 3. The zero-order valence-corrected chi connectivity index (χ0v) is 17.5. The zero-order chi connectivity index (χ0) is 21.7. The first kappa shape index (κ1) is 22.0. The molecule has 0 aliphatic rings. The molecule has 8 heteroatoms. The molecular weight excluding hydrogens is 376 g/mol. The van der Waals surface area contributed by atoms with Crippen molar-refractivity contribution in [2.45, 2.75) is 33.7 Å². The van der Waals surface area contributed by atoms with Crippen LogP contribution >= 0.6 is 0 Å². The molecule has 1 aromatic carbocycles. The fraction of sp³-hybridized carbons (Fsp3) is 0.381. The van der Waals surface area contributed by atoms with Crippen LogP contribution in [0.1, 0.15) is 57.6 Å². The van der Waals surface area contributed by atoms with Gasteiger partial charge in [-0.3, -0.25) is 9.59 Å². The van der Waals surface area contributed by atoms with Gasteiger partial charge in [0, 0.05) is 16.8 Å². The minimum atomic E-state index is -0.695. The van der Waals surface area contributed by atoms with Crippen molar-refractivity contribution >= 4 is 17.7 Å². The molecule has 1 amide bonds. The molecule has 0 saturated carbocycles. The minimum absolute atomic E-state index is 0.144. The number of hydrogen-bond acceptors (Lipinski definition) is 6. The van der Waals surface area contributed by atoms with Gasteiger partial charge in [-0.25, -0.2) is 4.79 Å². The van der Waals surface area contributed by atoms with E-state index in [0.717, 1.165) is 5.56 Å². The molecule has 2 N–H and O–H groups in total. The summed E-state index contributed by atoms with van der Waals surface area (Å²) in [6, 6.07) is 4.88. The molecule has 1 heterocycles. The minimum Gasteiger partial charge on any atom is -0.497 e. The number of aryl methyl sites for hydroxylation is 1. The molecular formula is C21H26N2O6. The molecule has 0 saturated heterocycles. The van der Waals surface area contributed by atoms with Gasteiger partial charge < -0.3 is 24.5 Å². The number of amides is 1. The topological polar surface area (TPSA) is 107 Å².